The third kappa shape index (κ3) is 3.93. The van der Waals surface area contributed by atoms with Crippen molar-refractivity contribution in [1.29, 1.82) is 0 Å². The van der Waals surface area contributed by atoms with Crippen LogP contribution in [0.1, 0.15) is 16.5 Å². The van der Waals surface area contributed by atoms with Crippen LogP contribution in [0.3, 0.4) is 0 Å². The molecule has 1 fully saturated rings. The van der Waals surface area contributed by atoms with Crippen molar-refractivity contribution < 1.29 is 19.4 Å². The van der Waals surface area contributed by atoms with Crippen molar-refractivity contribution >= 4 is 28.5 Å². The Labute approximate surface area is 167 Å². The van der Waals surface area contributed by atoms with E-state index in [4.69, 9.17) is 9.47 Å². The van der Waals surface area contributed by atoms with E-state index >= 15 is 0 Å². The van der Waals surface area contributed by atoms with E-state index in [2.05, 4.69) is 17.4 Å². The molecule has 0 saturated carbocycles. The molecule has 28 heavy (non-hydrogen) atoms. The molecule has 0 radical (unpaired) electrons. The number of carboxylic acid groups (broad SMARTS) is 1. The number of aliphatic carboxylic acids is 1. The molecule has 1 saturated heterocycles. The molecule has 5 nitrogen and oxygen atoms in total. The summed E-state index contributed by atoms with van der Waals surface area (Å²) in [7, 11) is 1.64. The predicted molar refractivity (Wildman–Crippen MR) is 111 cm³/mol. The van der Waals surface area contributed by atoms with Crippen LogP contribution in [0.4, 0.5) is 0 Å². The topological polar surface area (TPSA) is 67.8 Å². The molecule has 0 spiro atoms. The summed E-state index contributed by atoms with van der Waals surface area (Å²) in [5.41, 5.74) is 1.95. The van der Waals surface area contributed by atoms with Gasteiger partial charge in [-0.2, -0.15) is 0 Å². The summed E-state index contributed by atoms with van der Waals surface area (Å²) in [5.74, 6) is 1.28. The van der Waals surface area contributed by atoms with Gasteiger partial charge in [0.25, 0.3) is 0 Å². The molecule has 144 valence electrons. The Balaban J connectivity index is 1.52. The van der Waals surface area contributed by atoms with E-state index in [1.165, 1.54) is 5.39 Å². The third-order valence-electron chi connectivity index (χ3n) is 4.80. The van der Waals surface area contributed by atoms with Gasteiger partial charge in [0, 0.05) is 11.3 Å². The van der Waals surface area contributed by atoms with Crippen LogP contribution in [0.25, 0.3) is 10.8 Å². The molecular formula is C22H21NO4S. The van der Waals surface area contributed by atoms with Gasteiger partial charge in [-0.25, -0.2) is 0 Å². The molecule has 2 atom stereocenters. The number of fused-ring (bicyclic) bond motifs is 1. The summed E-state index contributed by atoms with van der Waals surface area (Å²) in [5, 5.41) is 14.6. The highest BCUT2D eigenvalue weighted by Crippen LogP contribution is 2.35. The highest BCUT2D eigenvalue weighted by atomic mass is 32.2. The number of methoxy groups -OCH3 is 1. The van der Waals surface area contributed by atoms with Gasteiger partial charge in [0.15, 0.2) is 0 Å². The molecule has 3 aromatic rings. The Kier molecular flexibility index (Phi) is 5.41. The normalized spacial score (nSPS) is 18.9. The first kappa shape index (κ1) is 18.7. The van der Waals surface area contributed by atoms with Crippen LogP contribution in [-0.2, 0) is 11.4 Å². The highest BCUT2D eigenvalue weighted by Gasteiger charge is 2.30. The van der Waals surface area contributed by atoms with Crippen molar-refractivity contribution in [2.24, 2.45) is 0 Å². The van der Waals surface area contributed by atoms with Gasteiger partial charge in [-0.3, -0.25) is 10.1 Å². The first-order valence-corrected chi connectivity index (χ1v) is 10.1. The lowest BCUT2D eigenvalue weighted by molar-refractivity contribution is -0.138. The van der Waals surface area contributed by atoms with Gasteiger partial charge in [-0.05, 0) is 40.6 Å². The van der Waals surface area contributed by atoms with Crippen LogP contribution in [0.2, 0.25) is 0 Å². The van der Waals surface area contributed by atoms with E-state index in [0.29, 0.717) is 12.4 Å². The second kappa shape index (κ2) is 8.12. The Morgan fingerprint density at radius 3 is 2.71 bits per heavy atom. The van der Waals surface area contributed by atoms with Gasteiger partial charge in [-0.1, -0.05) is 36.4 Å². The number of hydrogen-bond acceptors (Lipinski definition) is 5. The molecule has 0 aromatic heterocycles. The van der Waals surface area contributed by atoms with Gasteiger partial charge in [0.2, 0.25) is 0 Å². The predicted octanol–water partition coefficient (Wildman–Crippen LogP) is 4.22. The molecule has 1 aliphatic rings. The Hall–Kier alpha value is -2.70. The molecule has 6 heteroatoms. The summed E-state index contributed by atoms with van der Waals surface area (Å²) in [4.78, 5) is 11.2. The summed E-state index contributed by atoms with van der Waals surface area (Å²) >= 11 is 1.60. The van der Waals surface area contributed by atoms with Crippen molar-refractivity contribution in [1.82, 2.24) is 5.32 Å². The fraction of sp³-hybridized carbons (Fsp3) is 0.227. The number of carbonyl (C=O) groups is 1. The maximum Gasteiger partial charge on any atom is 0.321 e. The van der Waals surface area contributed by atoms with E-state index in [1.54, 1.807) is 18.9 Å². The zero-order valence-electron chi connectivity index (χ0n) is 15.4. The standard InChI is InChI=1S/C22H21NO4S/c1-26-20-9-7-16(21-23-19(13-28-21)22(24)25)10-17(20)12-27-18-8-6-14-4-2-3-5-15(14)11-18/h2-11,19,21,23H,12-13H2,1H3,(H,24,25)/t19-,21-/m0/s1. The number of ether oxygens (including phenoxy) is 2. The fourth-order valence-corrected chi connectivity index (χ4v) is 4.52. The van der Waals surface area contributed by atoms with E-state index < -0.39 is 12.0 Å². The van der Waals surface area contributed by atoms with Crippen molar-refractivity contribution in [2.75, 3.05) is 12.9 Å². The van der Waals surface area contributed by atoms with Gasteiger partial charge < -0.3 is 14.6 Å². The molecule has 0 amide bonds. The second-order valence-corrected chi connectivity index (χ2v) is 7.78. The molecule has 0 unspecified atom stereocenters. The summed E-state index contributed by atoms with van der Waals surface area (Å²) in [6.07, 6.45) is 0. The molecular weight excluding hydrogens is 374 g/mol. The lowest BCUT2D eigenvalue weighted by atomic mass is 10.1. The number of carboxylic acids is 1. The minimum atomic E-state index is -0.816. The molecule has 0 bridgehead atoms. The van der Waals surface area contributed by atoms with Crippen LogP contribution >= 0.6 is 11.8 Å². The molecule has 0 aliphatic carbocycles. The average molecular weight is 395 g/mol. The maximum absolute atomic E-state index is 11.2. The zero-order valence-corrected chi connectivity index (χ0v) is 16.2. The van der Waals surface area contributed by atoms with Gasteiger partial charge in [-0.15, -0.1) is 11.8 Å². The number of thioether (sulfide) groups is 1. The monoisotopic (exact) mass is 395 g/mol. The second-order valence-electron chi connectivity index (χ2n) is 6.64. The van der Waals surface area contributed by atoms with E-state index in [0.717, 1.165) is 28.0 Å². The smallest absolute Gasteiger partial charge is 0.321 e. The Morgan fingerprint density at radius 1 is 1.14 bits per heavy atom. The lowest BCUT2D eigenvalue weighted by Gasteiger charge is -2.16. The number of hydrogen-bond donors (Lipinski definition) is 2. The quantitative estimate of drug-likeness (QED) is 0.652. The van der Waals surface area contributed by atoms with Crippen molar-refractivity contribution in [3.8, 4) is 11.5 Å². The highest BCUT2D eigenvalue weighted by molar-refractivity contribution is 7.99. The third-order valence-corrected chi connectivity index (χ3v) is 6.07. The summed E-state index contributed by atoms with van der Waals surface area (Å²) < 4.78 is 11.5. The lowest BCUT2D eigenvalue weighted by Crippen LogP contribution is -2.33. The molecule has 2 N–H and O–H groups in total. The van der Waals surface area contributed by atoms with E-state index in [-0.39, 0.29) is 5.37 Å². The van der Waals surface area contributed by atoms with E-state index in [1.807, 2.05) is 48.5 Å². The summed E-state index contributed by atoms with van der Waals surface area (Å²) in [6.45, 7) is 0.370. The van der Waals surface area contributed by atoms with Crippen molar-refractivity contribution in [3.05, 3.63) is 71.8 Å². The van der Waals surface area contributed by atoms with E-state index in [9.17, 15) is 9.90 Å². The SMILES string of the molecule is COc1ccc([C@H]2N[C@H](C(=O)O)CS2)cc1COc1ccc2ccccc2c1. The van der Waals surface area contributed by atoms with Crippen molar-refractivity contribution in [2.45, 2.75) is 18.0 Å². The minimum Gasteiger partial charge on any atom is -0.496 e. The number of nitrogens with one attached hydrogen (secondary N) is 1. The van der Waals surface area contributed by atoms with Gasteiger partial charge in [0.05, 0.1) is 12.5 Å². The first-order chi connectivity index (χ1) is 13.6. The van der Waals surface area contributed by atoms with Crippen LogP contribution < -0.4 is 14.8 Å². The molecule has 1 aliphatic heterocycles. The summed E-state index contributed by atoms with van der Waals surface area (Å²) in [6, 6.07) is 19.6. The van der Waals surface area contributed by atoms with Gasteiger partial charge >= 0.3 is 5.97 Å². The molecule has 3 aromatic carbocycles. The van der Waals surface area contributed by atoms with Crippen LogP contribution in [0, 0.1) is 0 Å². The van der Waals surface area contributed by atoms with Crippen LogP contribution in [0.5, 0.6) is 11.5 Å². The number of rotatable bonds is 6. The largest absolute Gasteiger partial charge is 0.496 e. The zero-order chi connectivity index (χ0) is 19.5. The van der Waals surface area contributed by atoms with Crippen LogP contribution in [0.15, 0.2) is 60.7 Å². The van der Waals surface area contributed by atoms with Crippen LogP contribution in [-0.4, -0.2) is 30.0 Å². The minimum absolute atomic E-state index is 0.0496. The fourth-order valence-electron chi connectivity index (χ4n) is 3.30. The van der Waals surface area contributed by atoms with Crippen molar-refractivity contribution in [3.63, 3.8) is 0 Å². The van der Waals surface area contributed by atoms with Gasteiger partial charge in [0.1, 0.15) is 24.1 Å². The average Bonchev–Trinajstić information content (AvgIpc) is 3.22. The first-order valence-electron chi connectivity index (χ1n) is 9.03. The number of benzene rings is 3. The molecule has 1 heterocycles. The Morgan fingerprint density at radius 2 is 1.96 bits per heavy atom. The maximum atomic E-state index is 11.2. The Bertz CT molecular complexity index is 1010. The molecule has 4 rings (SSSR count).